The first-order valence-corrected chi connectivity index (χ1v) is 10.4. The Morgan fingerprint density at radius 3 is 2.76 bits per heavy atom. The standard InChI is InChI=1S/C19H34N4OS/c1-6-24-16(14(2)3)11-12-21-19(20-4)23(5)13-18-22-15-9-7-8-10-17(15)25-18/h14,16H,6-13H2,1-5H3,(H,20,21). The molecule has 1 aromatic heterocycles. The molecule has 0 aliphatic heterocycles. The second-order valence-corrected chi connectivity index (χ2v) is 8.21. The number of aryl methyl sites for hydroxylation is 2. The quantitative estimate of drug-likeness (QED) is 0.565. The van der Waals surface area contributed by atoms with Crippen LogP contribution >= 0.6 is 11.3 Å². The zero-order chi connectivity index (χ0) is 18.2. The largest absolute Gasteiger partial charge is 0.378 e. The van der Waals surface area contributed by atoms with Crippen LogP contribution in [0, 0.1) is 5.92 Å². The number of hydrogen-bond acceptors (Lipinski definition) is 4. The molecule has 1 heterocycles. The highest BCUT2D eigenvalue weighted by Crippen LogP contribution is 2.27. The monoisotopic (exact) mass is 366 g/mol. The number of guanidine groups is 1. The summed E-state index contributed by atoms with van der Waals surface area (Å²) in [5.74, 6) is 1.45. The van der Waals surface area contributed by atoms with Crippen molar-refractivity contribution in [2.24, 2.45) is 10.9 Å². The minimum absolute atomic E-state index is 0.298. The number of rotatable bonds is 8. The Hall–Kier alpha value is -1.14. The minimum Gasteiger partial charge on any atom is -0.378 e. The first-order valence-electron chi connectivity index (χ1n) is 9.56. The van der Waals surface area contributed by atoms with Crippen molar-refractivity contribution in [1.82, 2.24) is 15.2 Å². The van der Waals surface area contributed by atoms with Crippen molar-refractivity contribution in [2.75, 3.05) is 27.2 Å². The lowest BCUT2D eigenvalue weighted by Gasteiger charge is -2.24. The molecular weight excluding hydrogens is 332 g/mol. The molecule has 142 valence electrons. The van der Waals surface area contributed by atoms with Crippen LogP contribution in [0.1, 0.15) is 55.6 Å². The van der Waals surface area contributed by atoms with Gasteiger partial charge in [0.25, 0.3) is 0 Å². The highest BCUT2D eigenvalue weighted by Gasteiger charge is 2.17. The first kappa shape index (κ1) is 20.2. The van der Waals surface area contributed by atoms with Gasteiger partial charge in [-0.15, -0.1) is 11.3 Å². The Balaban J connectivity index is 1.84. The summed E-state index contributed by atoms with van der Waals surface area (Å²) in [7, 11) is 3.92. The van der Waals surface area contributed by atoms with Crippen molar-refractivity contribution in [3.8, 4) is 0 Å². The van der Waals surface area contributed by atoms with Crippen LogP contribution < -0.4 is 5.32 Å². The van der Waals surface area contributed by atoms with Gasteiger partial charge in [-0.3, -0.25) is 4.99 Å². The van der Waals surface area contributed by atoms with Gasteiger partial charge >= 0.3 is 0 Å². The van der Waals surface area contributed by atoms with E-state index in [0.717, 1.165) is 38.5 Å². The molecule has 0 fully saturated rings. The molecule has 0 radical (unpaired) electrons. The Kier molecular flexibility index (Phi) is 8.16. The molecule has 0 amide bonds. The summed E-state index contributed by atoms with van der Waals surface area (Å²) in [5, 5.41) is 4.67. The molecule has 1 aliphatic carbocycles. The van der Waals surface area contributed by atoms with Crippen molar-refractivity contribution < 1.29 is 4.74 Å². The number of fused-ring (bicyclic) bond motifs is 1. The predicted molar refractivity (Wildman–Crippen MR) is 106 cm³/mol. The highest BCUT2D eigenvalue weighted by atomic mass is 32.1. The Morgan fingerprint density at radius 1 is 1.36 bits per heavy atom. The van der Waals surface area contributed by atoms with E-state index in [1.807, 2.05) is 18.4 Å². The fourth-order valence-electron chi connectivity index (χ4n) is 3.29. The normalized spacial score (nSPS) is 16.0. The average molecular weight is 367 g/mol. The third-order valence-electron chi connectivity index (χ3n) is 4.67. The van der Waals surface area contributed by atoms with Crippen LogP contribution in [0.5, 0.6) is 0 Å². The lowest BCUT2D eigenvalue weighted by atomic mass is 10.0. The van der Waals surface area contributed by atoms with E-state index in [-0.39, 0.29) is 0 Å². The van der Waals surface area contributed by atoms with Crippen LogP contribution in [-0.2, 0) is 24.1 Å². The number of nitrogens with one attached hydrogen (secondary N) is 1. The molecule has 1 aromatic rings. The zero-order valence-electron chi connectivity index (χ0n) is 16.5. The molecule has 6 heteroatoms. The Labute approximate surface area is 156 Å². The summed E-state index contributed by atoms with van der Waals surface area (Å²) >= 11 is 1.88. The van der Waals surface area contributed by atoms with Crippen molar-refractivity contribution in [3.63, 3.8) is 0 Å². The van der Waals surface area contributed by atoms with E-state index < -0.39 is 0 Å². The van der Waals surface area contributed by atoms with E-state index >= 15 is 0 Å². The van der Waals surface area contributed by atoms with E-state index in [1.54, 1.807) is 0 Å². The molecule has 0 bridgehead atoms. The lowest BCUT2D eigenvalue weighted by Crippen LogP contribution is -2.40. The van der Waals surface area contributed by atoms with Crippen LogP contribution in [0.4, 0.5) is 0 Å². The number of ether oxygens (including phenoxy) is 1. The molecule has 5 nitrogen and oxygen atoms in total. The molecular formula is C19H34N4OS. The molecule has 1 atom stereocenters. The molecule has 1 N–H and O–H groups in total. The molecule has 0 saturated heterocycles. The summed E-state index contributed by atoms with van der Waals surface area (Å²) in [4.78, 5) is 12.9. The fourth-order valence-corrected chi connectivity index (χ4v) is 4.50. The number of aliphatic imine (C=N–C) groups is 1. The van der Waals surface area contributed by atoms with Crippen molar-refractivity contribution in [3.05, 3.63) is 15.6 Å². The van der Waals surface area contributed by atoms with Gasteiger partial charge in [0.05, 0.1) is 18.3 Å². The molecule has 0 aromatic carbocycles. The van der Waals surface area contributed by atoms with Gasteiger partial charge in [-0.05, 0) is 44.9 Å². The third kappa shape index (κ3) is 5.96. The number of aromatic nitrogens is 1. The zero-order valence-corrected chi connectivity index (χ0v) is 17.3. The minimum atomic E-state index is 0.298. The van der Waals surface area contributed by atoms with Crippen molar-refractivity contribution in [2.45, 2.75) is 65.5 Å². The second kappa shape index (κ2) is 10.1. The average Bonchev–Trinajstić information content (AvgIpc) is 2.99. The van der Waals surface area contributed by atoms with Crippen LogP contribution in [0.3, 0.4) is 0 Å². The van der Waals surface area contributed by atoms with Crippen LogP contribution in [0.2, 0.25) is 0 Å². The summed E-state index contributed by atoms with van der Waals surface area (Å²) in [6.45, 7) is 8.94. The van der Waals surface area contributed by atoms with Gasteiger partial charge in [0.2, 0.25) is 0 Å². The summed E-state index contributed by atoms with van der Waals surface area (Å²) < 4.78 is 5.82. The maximum Gasteiger partial charge on any atom is 0.193 e. The molecule has 0 saturated carbocycles. The smallest absolute Gasteiger partial charge is 0.193 e. The van der Waals surface area contributed by atoms with Gasteiger partial charge in [-0.1, -0.05) is 13.8 Å². The lowest BCUT2D eigenvalue weighted by molar-refractivity contribution is 0.0257. The number of thiazole rings is 1. The van der Waals surface area contributed by atoms with E-state index in [2.05, 4.69) is 43.0 Å². The Morgan fingerprint density at radius 2 is 2.12 bits per heavy atom. The SMILES string of the molecule is CCOC(CCNC(=NC)N(C)Cc1nc2c(s1)CCCC2)C(C)C. The topological polar surface area (TPSA) is 49.8 Å². The number of hydrogen-bond donors (Lipinski definition) is 1. The third-order valence-corrected chi connectivity index (χ3v) is 5.81. The van der Waals surface area contributed by atoms with Crippen molar-refractivity contribution >= 4 is 17.3 Å². The van der Waals surface area contributed by atoms with Crippen LogP contribution in [0.15, 0.2) is 4.99 Å². The fraction of sp³-hybridized carbons (Fsp3) is 0.789. The maximum absolute atomic E-state index is 5.82. The summed E-state index contributed by atoms with van der Waals surface area (Å²) in [6, 6.07) is 0. The van der Waals surface area contributed by atoms with Crippen LogP contribution in [0.25, 0.3) is 0 Å². The molecule has 1 unspecified atom stereocenters. The summed E-state index contributed by atoms with van der Waals surface area (Å²) in [6.07, 6.45) is 6.24. The predicted octanol–water partition coefficient (Wildman–Crippen LogP) is 3.48. The van der Waals surface area contributed by atoms with Gasteiger partial charge in [0.15, 0.2) is 5.96 Å². The second-order valence-electron chi connectivity index (χ2n) is 7.04. The number of nitrogens with zero attached hydrogens (tertiary/aromatic N) is 3. The van der Waals surface area contributed by atoms with Gasteiger partial charge in [-0.25, -0.2) is 4.98 Å². The van der Waals surface area contributed by atoms with E-state index in [4.69, 9.17) is 9.72 Å². The molecule has 0 spiro atoms. The highest BCUT2D eigenvalue weighted by molar-refractivity contribution is 7.11. The van der Waals surface area contributed by atoms with E-state index in [0.29, 0.717) is 12.0 Å². The summed E-state index contributed by atoms with van der Waals surface area (Å²) in [5.41, 5.74) is 1.33. The van der Waals surface area contributed by atoms with Gasteiger partial charge in [0, 0.05) is 32.1 Å². The van der Waals surface area contributed by atoms with Gasteiger partial charge < -0.3 is 15.0 Å². The van der Waals surface area contributed by atoms with Gasteiger partial charge in [0.1, 0.15) is 5.01 Å². The molecule has 25 heavy (non-hydrogen) atoms. The maximum atomic E-state index is 5.82. The van der Waals surface area contributed by atoms with Gasteiger partial charge in [-0.2, -0.15) is 0 Å². The van der Waals surface area contributed by atoms with E-state index in [9.17, 15) is 0 Å². The van der Waals surface area contributed by atoms with Crippen LogP contribution in [-0.4, -0.2) is 49.2 Å². The first-order chi connectivity index (χ1) is 12.0. The van der Waals surface area contributed by atoms with E-state index in [1.165, 1.54) is 34.8 Å². The Bertz CT molecular complexity index is 532. The molecule has 1 aliphatic rings. The van der Waals surface area contributed by atoms with Crippen molar-refractivity contribution in [1.29, 1.82) is 0 Å². The molecule has 2 rings (SSSR count).